The Hall–Kier alpha value is -1.74. The van der Waals surface area contributed by atoms with Crippen molar-refractivity contribution in [3.8, 4) is 0 Å². The number of hydrogen-bond donors (Lipinski definition) is 1. The maximum Gasteiger partial charge on any atom is 0.336 e. The quantitative estimate of drug-likeness (QED) is 0.822. The van der Waals surface area contributed by atoms with Crippen LogP contribution in [0.5, 0.6) is 0 Å². The maximum atomic E-state index is 12.4. The first-order valence-electron chi connectivity index (χ1n) is 6.66. The Bertz CT molecular complexity index is 844. The number of fused-ring (bicyclic) bond motifs is 1. The van der Waals surface area contributed by atoms with Gasteiger partial charge in [-0.15, -0.1) is 0 Å². The fourth-order valence-corrected chi connectivity index (χ4v) is 3.65. The molecule has 7 nitrogen and oxygen atoms in total. The van der Waals surface area contributed by atoms with Gasteiger partial charge in [-0.3, -0.25) is 0 Å². The molecule has 0 saturated carbocycles. The summed E-state index contributed by atoms with van der Waals surface area (Å²) in [5.41, 5.74) is -0.141. The number of ether oxygens (including phenoxy) is 2. The summed E-state index contributed by atoms with van der Waals surface area (Å²) in [5, 5.41) is 0.536. The fraction of sp³-hybridized carbons (Fsp3) is 0.357. The second-order valence-corrected chi connectivity index (χ2v) is 6.71. The molecular formula is C14H15NO6S. The zero-order valence-electron chi connectivity index (χ0n) is 11.8. The van der Waals surface area contributed by atoms with Crippen molar-refractivity contribution in [1.82, 2.24) is 4.72 Å². The van der Waals surface area contributed by atoms with Gasteiger partial charge in [0.2, 0.25) is 10.0 Å². The number of nitrogens with one attached hydrogen (secondary N) is 1. The summed E-state index contributed by atoms with van der Waals surface area (Å²) in [7, 11) is -2.21. The van der Waals surface area contributed by atoms with E-state index in [1.54, 1.807) is 0 Å². The molecule has 0 unspecified atom stereocenters. The van der Waals surface area contributed by atoms with Crippen molar-refractivity contribution in [2.75, 3.05) is 20.3 Å². The van der Waals surface area contributed by atoms with Crippen LogP contribution in [-0.2, 0) is 19.5 Å². The minimum Gasteiger partial charge on any atom is -0.423 e. The van der Waals surface area contributed by atoms with Gasteiger partial charge in [0.05, 0.1) is 30.3 Å². The Labute approximate surface area is 126 Å². The highest BCUT2D eigenvalue weighted by Crippen LogP contribution is 2.19. The molecule has 1 N–H and O–H groups in total. The minimum atomic E-state index is -3.72. The predicted molar refractivity (Wildman–Crippen MR) is 78.2 cm³/mol. The smallest absolute Gasteiger partial charge is 0.336 e. The molecule has 0 spiro atoms. The van der Waals surface area contributed by atoms with Crippen LogP contribution in [0.25, 0.3) is 11.0 Å². The van der Waals surface area contributed by atoms with Crippen LogP contribution in [0.1, 0.15) is 0 Å². The first kappa shape index (κ1) is 15.2. The van der Waals surface area contributed by atoms with E-state index in [0.29, 0.717) is 17.6 Å². The lowest BCUT2D eigenvalue weighted by atomic mass is 10.2. The van der Waals surface area contributed by atoms with Crippen LogP contribution in [0.3, 0.4) is 0 Å². The van der Waals surface area contributed by atoms with Crippen LogP contribution >= 0.6 is 0 Å². The second-order valence-electron chi connectivity index (χ2n) is 4.99. The van der Waals surface area contributed by atoms with Crippen molar-refractivity contribution in [2.45, 2.75) is 17.0 Å². The molecular weight excluding hydrogens is 310 g/mol. The van der Waals surface area contributed by atoms with Crippen LogP contribution in [-0.4, -0.2) is 40.9 Å². The van der Waals surface area contributed by atoms with Gasteiger partial charge >= 0.3 is 5.63 Å². The van der Waals surface area contributed by atoms with Crippen LogP contribution < -0.4 is 10.3 Å². The molecule has 1 aliphatic heterocycles. The lowest BCUT2D eigenvalue weighted by molar-refractivity contribution is 0.0761. The summed E-state index contributed by atoms with van der Waals surface area (Å²) < 4.78 is 42.9. The van der Waals surface area contributed by atoms with E-state index in [-0.39, 0.29) is 17.6 Å². The monoisotopic (exact) mass is 325 g/mol. The zero-order chi connectivity index (χ0) is 15.7. The third-order valence-electron chi connectivity index (χ3n) is 3.54. The van der Waals surface area contributed by atoms with Gasteiger partial charge in [-0.2, -0.15) is 0 Å². The van der Waals surface area contributed by atoms with Gasteiger partial charge in [0.15, 0.2) is 0 Å². The Kier molecular flexibility index (Phi) is 4.00. The van der Waals surface area contributed by atoms with Crippen molar-refractivity contribution in [3.63, 3.8) is 0 Å². The third kappa shape index (κ3) is 2.91. The average Bonchev–Trinajstić information content (AvgIpc) is 2.93. The van der Waals surface area contributed by atoms with Crippen molar-refractivity contribution >= 4 is 21.0 Å². The summed E-state index contributed by atoms with van der Waals surface area (Å²) in [6.07, 6.45) is -0.312. The first-order chi connectivity index (χ1) is 10.5. The highest BCUT2D eigenvalue weighted by molar-refractivity contribution is 7.89. The van der Waals surface area contributed by atoms with Gasteiger partial charge < -0.3 is 13.9 Å². The van der Waals surface area contributed by atoms with E-state index in [1.165, 1.54) is 37.4 Å². The molecule has 1 aliphatic rings. The van der Waals surface area contributed by atoms with Crippen LogP contribution in [0.4, 0.5) is 0 Å². The van der Waals surface area contributed by atoms with Gasteiger partial charge in [-0.1, -0.05) is 0 Å². The topological polar surface area (TPSA) is 94.8 Å². The van der Waals surface area contributed by atoms with E-state index >= 15 is 0 Å². The molecule has 0 bridgehead atoms. The molecule has 0 amide bonds. The normalized spacial score (nSPS) is 22.2. The van der Waals surface area contributed by atoms with Crippen LogP contribution in [0, 0.1) is 0 Å². The Balaban J connectivity index is 1.91. The molecule has 2 heterocycles. The Morgan fingerprint density at radius 1 is 1.23 bits per heavy atom. The third-order valence-corrected chi connectivity index (χ3v) is 5.03. The van der Waals surface area contributed by atoms with Gasteiger partial charge in [0.25, 0.3) is 0 Å². The lowest BCUT2D eigenvalue weighted by Gasteiger charge is -2.17. The minimum absolute atomic E-state index is 0.0932. The molecule has 1 fully saturated rings. The number of benzene rings is 1. The van der Waals surface area contributed by atoms with Gasteiger partial charge in [-0.25, -0.2) is 17.9 Å². The number of hydrogen-bond acceptors (Lipinski definition) is 6. The molecule has 1 aromatic heterocycles. The van der Waals surface area contributed by atoms with Crippen LogP contribution in [0.15, 0.2) is 44.4 Å². The molecule has 2 atom stereocenters. The first-order valence-corrected chi connectivity index (χ1v) is 8.15. The molecule has 0 aliphatic carbocycles. The Morgan fingerprint density at radius 2 is 2.05 bits per heavy atom. The van der Waals surface area contributed by atoms with E-state index in [2.05, 4.69) is 4.72 Å². The molecule has 22 heavy (non-hydrogen) atoms. The molecule has 1 saturated heterocycles. The van der Waals surface area contributed by atoms with Gasteiger partial charge in [-0.05, 0) is 24.3 Å². The van der Waals surface area contributed by atoms with E-state index in [1.807, 2.05) is 0 Å². The summed E-state index contributed by atoms with van der Waals surface area (Å²) in [6.45, 7) is 0.618. The van der Waals surface area contributed by atoms with Crippen molar-refractivity contribution in [2.24, 2.45) is 0 Å². The highest BCUT2D eigenvalue weighted by atomic mass is 32.2. The lowest BCUT2D eigenvalue weighted by Crippen LogP contribution is -2.43. The molecule has 0 radical (unpaired) electrons. The number of sulfonamides is 1. The maximum absolute atomic E-state index is 12.4. The molecule has 1 aromatic carbocycles. The van der Waals surface area contributed by atoms with Crippen molar-refractivity contribution in [1.29, 1.82) is 0 Å². The van der Waals surface area contributed by atoms with Crippen molar-refractivity contribution < 1.29 is 22.3 Å². The highest BCUT2D eigenvalue weighted by Gasteiger charge is 2.32. The summed E-state index contributed by atoms with van der Waals surface area (Å²) >= 11 is 0. The van der Waals surface area contributed by atoms with Crippen molar-refractivity contribution in [3.05, 3.63) is 40.8 Å². The van der Waals surface area contributed by atoms with Gasteiger partial charge in [0.1, 0.15) is 5.58 Å². The zero-order valence-corrected chi connectivity index (χ0v) is 12.6. The Morgan fingerprint density at radius 3 is 2.82 bits per heavy atom. The predicted octanol–water partition coefficient (Wildman–Crippen LogP) is 0.485. The summed E-state index contributed by atoms with van der Waals surface area (Å²) in [4.78, 5) is 11.2. The van der Waals surface area contributed by atoms with Gasteiger partial charge in [0, 0.05) is 18.6 Å². The van der Waals surface area contributed by atoms with E-state index < -0.39 is 21.7 Å². The largest absolute Gasteiger partial charge is 0.423 e. The average molecular weight is 325 g/mol. The molecule has 118 valence electrons. The van der Waals surface area contributed by atoms with E-state index in [0.717, 1.165) is 0 Å². The summed E-state index contributed by atoms with van der Waals surface area (Å²) in [6, 6.07) is 6.65. The summed E-state index contributed by atoms with van der Waals surface area (Å²) in [5.74, 6) is 0. The number of rotatable bonds is 4. The van der Waals surface area contributed by atoms with Crippen LogP contribution in [0.2, 0.25) is 0 Å². The second kappa shape index (κ2) is 5.81. The molecule has 8 heteroatoms. The molecule has 3 rings (SSSR count). The SMILES string of the molecule is CO[C@@H]1COC[C@@H]1NS(=O)(=O)c1ccc2oc(=O)ccc2c1. The fourth-order valence-electron chi connectivity index (χ4n) is 2.36. The van der Waals surface area contributed by atoms with E-state index in [9.17, 15) is 13.2 Å². The number of methoxy groups -OCH3 is 1. The molecule has 2 aromatic rings. The standard InChI is InChI=1S/C14H15NO6S/c1-19-13-8-20-7-11(13)15-22(17,18)10-3-4-12-9(6-10)2-5-14(16)21-12/h2-6,11,13,15H,7-8H2,1H3/t11-,13+/m0/s1. The van der Waals surface area contributed by atoms with E-state index in [4.69, 9.17) is 13.9 Å².